The average Bonchev–Trinajstić information content (AvgIpc) is 2.30. The summed E-state index contributed by atoms with van der Waals surface area (Å²) in [6.45, 7) is 8.17. The molecule has 1 rings (SSSR count). The zero-order chi connectivity index (χ0) is 13.8. The van der Waals surface area contributed by atoms with Gasteiger partial charge in [-0.2, -0.15) is 0 Å². The molecule has 0 bridgehead atoms. The van der Waals surface area contributed by atoms with Crippen LogP contribution >= 0.6 is 0 Å². The lowest BCUT2D eigenvalue weighted by Crippen LogP contribution is -2.48. The molecule has 0 amide bonds. The third kappa shape index (κ3) is 3.31. The number of ether oxygens (including phenoxy) is 2. The molecule has 0 aromatic carbocycles. The summed E-state index contributed by atoms with van der Waals surface area (Å²) in [6, 6.07) is 0. The van der Waals surface area contributed by atoms with Gasteiger partial charge in [0.1, 0.15) is 11.5 Å². The molecule has 4 nitrogen and oxygen atoms in total. The predicted molar refractivity (Wildman–Crippen MR) is 68.2 cm³/mol. The number of carbonyl (C=O) groups is 2. The summed E-state index contributed by atoms with van der Waals surface area (Å²) in [5.41, 5.74) is -0.819. The number of Topliss-reactive ketones (excluding diaryl/α,β-unsaturated/α-hetero) is 1. The molecule has 0 aliphatic carbocycles. The molecule has 0 radical (unpaired) electrons. The molecule has 4 heteroatoms. The van der Waals surface area contributed by atoms with Gasteiger partial charge in [0.2, 0.25) is 0 Å². The van der Waals surface area contributed by atoms with Crippen LogP contribution in [0.5, 0.6) is 0 Å². The highest BCUT2D eigenvalue weighted by molar-refractivity contribution is 6.03. The fourth-order valence-corrected chi connectivity index (χ4v) is 2.37. The molecule has 1 heterocycles. The third-order valence-electron chi connectivity index (χ3n) is 3.48. The van der Waals surface area contributed by atoms with E-state index in [2.05, 4.69) is 0 Å². The quantitative estimate of drug-likeness (QED) is 0.559. The first-order valence-electron chi connectivity index (χ1n) is 6.77. The summed E-state index contributed by atoms with van der Waals surface area (Å²) >= 11 is 0. The Balaban J connectivity index is 2.85. The Kier molecular flexibility index (Phi) is 5.32. The Morgan fingerprint density at radius 2 is 2.00 bits per heavy atom. The van der Waals surface area contributed by atoms with Gasteiger partial charge in [0.05, 0.1) is 6.61 Å². The van der Waals surface area contributed by atoms with Crippen LogP contribution in [0.25, 0.3) is 0 Å². The van der Waals surface area contributed by atoms with Crippen molar-refractivity contribution in [3.63, 3.8) is 0 Å². The minimum absolute atomic E-state index is 0.0705. The standard InChI is InChI=1S/C14H24O4/c1-5-17-13(16)11(10(2)3)12(15)14(4)8-6-7-9-18-14/h10-11H,5-9H2,1-4H3. The summed E-state index contributed by atoms with van der Waals surface area (Å²) in [4.78, 5) is 24.5. The van der Waals surface area contributed by atoms with Crippen LogP contribution < -0.4 is 0 Å². The molecule has 18 heavy (non-hydrogen) atoms. The van der Waals surface area contributed by atoms with E-state index in [1.54, 1.807) is 13.8 Å². The lowest BCUT2D eigenvalue weighted by atomic mass is 9.80. The van der Waals surface area contributed by atoms with E-state index in [0.29, 0.717) is 19.6 Å². The van der Waals surface area contributed by atoms with Gasteiger partial charge < -0.3 is 9.47 Å². The minimum atomic E-state index is -0.819. The molecule has 2 atom stereocenters. The molecule has 104 valence electrons. The van der Waals surface area contributed by atoms with Crippen LogP contribution in [0.15, 0.2) is 0 Å². The molecular weight excluding hydrogens is 232 g/mol. The van der Waals surface area contributed by atoms with E-state index >= 15 is 0 Å². The van der Waals surface area contributed by atoms with Gasteiger partial charge in [-0.05, 0) is 39.0 Å². The van der Waals surface area contributed by atoms with Crippen molar-refractivity contribution in [1.29, 1.82) is 0 Å². The highest BCUT2D eigenvalue weighted by Gasteiger charge is 2.44. The van der Waals surface area contributed by atoms with Crippen molar-refractivity contribution < 1.29 is 19.1 Å². The Morgan fingerprint density at radius 1 is 1.33 bits per heavy atom. The second-order valence-electron chi connectivity index (χ2n) is 5.37. The topological polar surface area (TPSA) is 52.6 Å². The van der Waals surface area contributed by atoms with Crippen molar-refractivity contribution in [2.45, 2.75) is 52.6 Å². The summed E-state index contributed by atoms with van der Waals surface area (Å²) < 4.78 is 10.6. The van der Waals surface area contributed by atoms with Gasteiger partial charge in [0.25, 0.3) is 0 Å². The van der Waals surface area contributed by atoms with Crippen LogP contribution in [-0.4, -0.2) is 30.6 Å². The van der Waals surface area contributed by atoms with Crippen LogP contribution in [0.3, 0.4) is 0 Å². The van der Waals surface area contributed by atoms with E-state index in [-0.39, 0.29) is 11.7 Å². The molecule has 0 saturated carbocycles. The maximum atomic E-state index is 12.6. The first-order valence-corrected chi connectivity index (χ1v) is 6.77. The molecule has 1 fully saturated rings. The van der Waals surface area contributed by atoms with Crippen molar-refractivity contribution in [2.24, 2.45) is 11.8 Å². The van der Waals surface area contributed by atoms with E-state index in [1.807, 2.05) is 13.8 Å². The summed E-state index contributed by atoms with van der Waals surface area (Å²) in [7, 11) is 0. The molecule has 0 aromatic rings. The fraction of sp³-hybridized carbons (Fsp3) is 0.857. The van der Waals surface area contributed by atoms with E-state index in [0.717, 1.165) is 12.8 Å². The van der Waals surface area contributed by atoms with Crippen molar-refractivity contribution in [2.75, 3.05) is 13.2 Å². The van der Waals surface area contributed by atoms with E-state index in [1.165, 1.54) is 0 Å². The summed E-state index contributed by atoms with van der Waals surface area (Å²) in [5, 5.41) is 0. The van der Waals surface area contributed by atoms with Gasteiger partial charge in [-0.25, -0.2) is 0 Å². The maximum Gasteiger partial charge on any atom is 0.316 e. The molecule has 0 spiro atoms. The minimum Gasteiger partial charge on any atom is -0.465 e. The lowest BCUT2D eigenvalue weighted by Gasteiger charge is -2.35. The normalized spacial score (nSPS) is 25.8. The summed E-state index contributed by atoms with van der Waals surface area (Å²) in [6.07, 6.45) is 2.64. The second-order valence-corrected chi connectivity index (χ2v) is 5.37. The second kappa shape index (κ2) is 6.32. The van der Waals surface area contributed by atoms with Crippen molar-refractivity contribution in [3.05, 3.63) is 0 Å². The molecule has 1 saturated heterocycles. The number of esters is 1. The van der Waals surface area contributed by atoms with Crippen LogP contribution in [0.1, 0.15) is 47.0 Å². The molecule has 0 N–H and O–H groups in total. The maximum absolute atomic E-state index is 12.6. The van der Waals surface area contributed by atoms with Gasteiger partial charge in [-0.15, -0.1) is 0 Å². The van der Waals surface area contributed by atoms with Gasteiger partial charge in [0, 0.05) is 6.61 Å². The number of carbonyl (C=O) groups excluding carboxylic acids is 2. The predicted octanol–water partition coefficient (Wildman–Crippen LogP) is 2.35. The van der Waals surface area contributed by atoms with Crippen molar-refractivity contribution >= 4 is 11.8 Å². The number of rotatable bonds is 5. The third-order valence-corrected chi connectivity index (χ3v) is 3.48. The van der Waals surface area contributed by atoms with Crippen LogP contribution in [0.2, 0.25) is 0 Å². The monoisotopic (exact) mass is 256 g/mol. The van der Waals surface area contributed by atoms with Crippen molar-refractivity contribution in [3.8, 4) is 0 Å². The molecular formula is C14H24O4. The molecule has 2 unspecified atom stereocenters. The largest absolute Gasteiger partial charge is 0.465 e. The summed E-state index contributed by atoms with van der Waals surface area (Å²) in [5.74, 6) is -1.34. The zero-order valence-corrected chi connectivity index (χ0v) is 11.8. The molecule has 0 aromatic heterocycles. The Labute approximate surface area is 109 Å². The lowest BCUT2D eigenvalue weighted by molar-refractivity contribution is -0.165. The Hall–Kier alpha value is -0.900. The Morgan fingerprint density at radius 3 is 2.44 bits per heavy atom. The van der Waals surface area contributed by atoms with Gasteiger partial charge in [0.15, 0.2) is 5.78 Å². The zero-order valence-electron chi connectivity index (χ0n) is 11.8. The highest BCUT2D eigenvalue weighted by Crippen LogP contribution is 2.31. The number of hydrogen-bond acceptors (Lipinski definition) is 4. The van der Waals surface area contributed by atoms with E-state index < -0.39 is 17.5 Å². The first kappa shape index (κ1) is 15.2. The SMILES string of the molecule is CCOC(=O)C(C(=O)C1(C)CCCCO1)C(C)C. The number of hydrogen-bond donors (Lipinski definition) is 0. The Bertz CT molecular complexity index is 303. The fourth-order valence-electron chi connectivity index (χ4n) is 2.37. The first-order chi connectivity index (χ1) is 8.42. The van der Waals surface area contributed by atoms with Crippen LogP contribution in [-0.2, 0) is 19.1 Å². The molecule has 1 aliphatic rings. The van der Waals surface area contributed by atoms with Crippen LogP contribution in [0.4, 0.5) is 0 Å². The van der Waals surface area contributed by atoms with E-state index in [9.17, 15) is 9.59 Å². The van der Waals surface area contributed by atoms with Gasteiger partial charge >= 0.3 is 5.97 Å². The van der Waals surface area contributed by atoms with Crippen molar-refractivity contribution in [1.82, 2.24) is 0 Å². The van der Waals surface area contributed by atoms with Gasteiger partial charge in [-0.1, -0.05) is 13.8 Å². The van der Waals surface area contributed by atoms with Crippen LogP contribution in [0, 0.1) is 11.8 Å². The highest BCUT2D eigenvalue weighted by atomic mass is 16.5. The van der Waals surface area contributed by atoms with Gasteiger partial charge in [-0.3, -0.25) is 9.59 Å². The molecule has 1 aliphatic heterocycles. The average molecular weight is 256 g/mol. The van der Waals surface area contributed by atoms with E-state index in [4.69, 9.17) is 9.47 Å². The smallest absolute Gasteiger partial charge is 0.316 e. The number of ketones is 1.